The first-order chi connectivity index (χ1) is 12.0. The third kappa shape index (κ3) is 4.15. The van der Waals surface area contributed by atoms with Crippen LogP contribution in [-0.2, 0) is 6.54 Å². The van der Waals surface area contributed by atoms with Crippen LogP contribution in [0.2, 0.25) is 0 Å². The van der Waals surface area contributed by atoms with E-state index >= 15 is 0 Å². The SMILES string of the molecule is Cc1cc(C)n(Cc2ccc(C(=O)N[C@@H](C)c3ccccc3)cc2)n1. The molecule has 2 aromatic carbocycles. The fraction of sp³-hybridized carbons (Fsp3) is 0.238. The lowest BCUT2D eigenvalue weighted by atomic mass is 10.1. The molecule has 1 N–H and O–H groups in total. The molecule has 128 valence electrons. The van der Waals surface area contributed by atoms with Crippen LogP contribution in [0.5, 0.6) is 0 Å². The molecule has 1 atom stereocenters. The summed E-state index contributed by atoms with van der Waals surface area (Å²) < 4.78 is 1.97. The lowest BCUT2D eigenvalue weighted by Gasteiger charge is -2.14. The predicted octanol–water partition coefficient (Wildman–Crippen LogP) is 4.04. The Bertz CT molecular complexity index is 851. The molecule has 0 bridgehead atoms. The van der Waals surface area contributed by atoms with Crippen molar-refractivity contribution < 1.29 is 4.79 Å². The van der Waals surface area contributed by atoms with E-state index in [9.17, 15) is 4.79 Å². The van der Waals surface area contributed by atoms with E-state index in [2.05, 4.69) is 16.5 Å². The molecule has 0 aliphatic carbocycles. The van der Waals surface area contributed by atoms with E-state index in [0.29, 0.717) is 12.1 Å². The van der Waals surface area contributed by atoms with Crippen molar-refractivity contribution in [2.45, 2.75) is 33.4 Å². The largest absolute Gasteiger partial charge is 0.346 e. The topological polar surface area (TPSA) is 46.9 Å². The molecule has 3 aromatic rings. The number of rotatable bonds is 5. The number of nitrogens with zero attached hydrogens (tertiary/aromatic N) is 2. The van der Waals surface area contributed by atoms with Crippen LogP contribution in [0.3, 0.4) is 0 Å². The molecule has 25 heavy (non-hydrogen) atoms. The standard InChI is InChI=1S/C21H23N3O/c1-15-13-16(2)24(23-15)14-18-9-11-20(12-10-18)21(25)22-17(3)19-7-5-4-6-8-19/h4-13,17H,14H2,1-3H3,(H,22,25)/t17-/m0/s1. The summed E-state index contributed by atoms with van der Waals surface area (Å²) in [6, 6.07) is 19.7. The van der Waals surface area contributed by atoms with Crippen LogP contribution in [0.4, 0.5) is 0 Å². The van der Waals surface area contributed by atoms with Gasteiger partial charge in [-0.2, -0.15) is 5.10 Å². The van der Waals surface area contributed by atoms with Crippen molar-refractivity contribution in [3.63, 3.8) is 0 Å². The minimum atomic E-state index is -0.0611. The highest BCUT2D eigenvalue weighted by Crippen LogP contribution is 2.13. The van der Waals surface area contributed by atoms with Crippen LogP contribution in [-0.4, -0.2) is 15.7 Å². The Balaban J connectivity index is 1.65. The Hall–Kier alpha value is -2.88. The van der Waals surface area contributed by atoms with Crippen molar-refractivity contribution in [2.75, 3.05) is 0 Å². The van der Waals surface area contributed by atoms with E-state index in [4.69, 9.17) is 0 Å². The fourth-order valence-corrected chi connectivity index (χ4v) is 2.87. The van der Waals surface area contributed by atoms with Crippen LogP contribution in [0.15, 0.2) is 60.7 Å². The van der Waals surface area contributed by atoms with Gasteiger partial charge in [0, 0.05) is 11.3 Å². The van der Waals surface area contributed by atoms with Gasteiger partial charge in [0.2, 0.25) is 0 Å². The summed E-state index contributed by atoms with van der Waals surface area (Å²) in [5.74, 6) is -0.0611. The number of hydrogen-bond acceptors (Lipinski definition) is 2. The van der Waals surface area contributed by atoms with Crippen molar-refractivity contribution >= 4 is 5.91 Å². The zero-order valence-electron chi connectivity index (χ0n) is 14.9. The number of carbonyl (C=O) groups is 1. The molecule has 1 aromatic heterocycles. The molecular formula is C21H23N3O. The van der Waals surface area contributed by atoms with E-state index in [0.717, 1.165) is 22.5 Å². The quantitative estimate of drug-likeness (QED) is 0.766. The molecule has 4 nitrogen and oxygen atoms in total. The van der Waals surface area contributed by atoms with Crippen LogP contribution in [0.1, 0.15) is 45.8 Å². The van der Waals surface area contributed by atoms with Gasteiger partial charge in [0.25, 0.3) is 5.91 Å². The Morgan fingerprint density at radius 3 is 2.36 bits per heavy atom. The van der Waals surface area contributed by atoms with Crippen LogP contribution < -0.4 is 5.32 Å². The van der Waals surface area contributed by atoms with Crippen molar-refractivity contribution in [1.82, 2.24) is 15.1 Å². The second-order valence-electron chi connectivity index (χ2n) is 6.39. The van der Waals surface area contributed by atoms with Crippen molar-refractivity contribution in [2.24, 2.45) is 0 Å². The Labute approximate surface area is 148 Å². The molecule has 0 aliphatic rings. The lowest BCUT2D eigenvalue weighted by Crippen LogP contribution is -2.26. The summed E-state index contributed by atoms with van der Waals surface area (Å²) in [7, 11) is 0. The van der Waals surface area contributed by atoms with Gasteiger partial charge >= 0.3 is 0 Å². The Morgan fingerprint density at radius 2 is 1.76 bits per heavy atom. The van der Waals surface area contributed by atoms with Crippen LogP contribution >= 0.6 is 0 Å². The third-order valence-electron chi connectivity index (χ3n) is 4.30. The van der Waals surface area contributed by atoms with Gasteiger partial charge in [-0.3, -0.25) is 9.48 Å². The average Bonchev–Trinajstić information content (AvgIpc) is 2.93. The maximum atomic E-state index is 12.4. The average molecular weight is 333 g/mol. The normalized spacial score (nSPS) is 12.0. The molecule has 4 heteroatoms. The first-order valence-electron chi connectivity index (χ1n) is 8.49. The van der Waals surface area contributed by atoms with E-state index in [1.165, 1.54) is 0 Å². The van der Waals surface area contributed by atoms with Crippen molar-refractivity contribution in [3.8, 4) is 0 Å². The van der Waals surface area contributed by atoms with Gasteiger partial charge in [0.1, 0.15) is 0 Å². The summed E-state index contributed by atoms with van der Waals surface area (Å²) in [5, 5.41) is 7.51. The van der Waals surface area contributed by atoms with Gasteiger partial charge in [0.15, 0.2) is 0 Å². The molecule has 3 rings (SSSR count). The van der Waals surface area contributed by atoms with Gasteiger partial charge in [-0.25, -0.2) is 0 Å². The predicted molar refractivity (Wildman–Crippen MR) is 99.6 cm³/mol. The minimum Gasteiger partial charge on any atom is -0.346 e. The molecule has 0 saturated heterocycles. The second-order valence-corrected chi connectivity index (χ2v) is 6.39. The molecular weight excluding hydrogens is 310 g/mol. The fourth-order valence-electron chi connectivity index (χ4n) is 2.87. The Kier molecular flexibility index (Phi) is 4.98. The number of nitrogens with one attached hydrogen (secondary N) is 1. The van der Waals surface area contributed by atoms with Crippen molar-refractivity contribution in [3.05, 3.63) is 88.7 Å². The van der Waals surface area contributed by atoms with Gasteiger partial charge in [-0.1, -0.05) is 42.5 Å². The highest BCUT2D eigenvalue weighted by atomic mass is 16.1. The summed E-state index contributed by atoms with van der Waals surface area (Å²) in [4.78, 5) is 12.4. The zero-order valence-corrected chi connectivity index (χ0v) is 14.9. The summed E-state index contributed by atoms with van der Waals surface area (Å²) in [6.45, 7) is 6.74. The second kappa shape index (κ2) is 7.34. The first kappa shape index (κ1) is 17.0. The molecule has 0 aliphatic heterocycles. The number of aryl methyl sites for hydroxylation is 2. The number of hydrogen-bond donors (Lipinski definition) is 1. The molecule has 1 amide bonds. The smallest absolute Gasteiger partial charge is 0.251 e. The van der Waals surface area contributed by atoms with Gasteiger partial charge < -0.3 is 5.32 Å². The molecule has 0 radical (unpaired) electrons. The van der Waals surface area contributed by atoms with E-state index in [1.54, 1.807) is 0 Å². The lowest BCUT2D eigenvalue weighted by molar-refractivity contribution is 0.0940. The minimum absolute atomic E-state index is 0.0249. The first-order valence-corrected chi connectivity index (χ1v) is 8.49. The molecule has 1 heterocycles. The molecule has 0 unspecified atom stereocenters. The monoisotopic (exact) mass is 333 g/mol. The third-order valence-corrected chi connectivity index (χ3v) is 4.30. The number of benzene rings is 2. The van der Waals surface area contributed by atoms with Crippen LogP contribution in [0.25, 0.3) is 0 Å². The van der Waals surface area contributed by atoms with Crippen LogP contribution in [0, 0.1) is 13.8 Å². The highest BCUT2D eigenvalue weighted by molar-refractivity contribution is 5.94. The number of amides is 1. The Morgan fingerprint density at radius 1 is 1.08 bits per heavy atom. The zero-order chi connectivity index (χ0) is 17.8. The summed E-state index contributed by atoms with van der Waals surface area (Å²) >= 11 is 0. The maximum absolute atomic E-state index is 12.4. The number of aromatic nitrogens is 2. The van der Waals surface area contributed by atoms with E-state index in [1.807, 2.05) is 80.1 Å². The summed E-state index contributed by atoms with van der Waals surface area (Å²) in [6.07, 6.45) is 0. The van der Waals surface area contributed by atoms with E-state index < -0.39 is 0 Å². The van der Waals surface area contributed by atoms with Crippen molar-refractivity contribution in [1.29, 1.82) is 0 Å². The number of carbonyl (C=O) groups excluding carboxylic acids is 1. The van der Waals surface area contributed by atoms with Gasteiger partial charge in [0.05, 0.1) is 18.3 Å². The van der Waals surface area contributed by atoms with Gasteiger partial charge in [-0.15, -0.1) is 0 Å². The molecule has 0 spiro atoms. The molecule has 0 saturated carbocycles. The summed E-state index contributed by atoms with van der Waals surface area (Å²) in [5.41, 5.74) is 5.04. The van der Waals surface area contributed by atoms with Gasteiger partial charge in [-0.05, 0) is 50.1 Å². The van der Waals surface area contributed by atoms with E-state index in [-0.39, 0.29) is 11.9 Å². The molecule has 0 fully saturated rings. The maximum Gasteiger partial charge on any atom is 0.251 e. The highest BCUT2D eigenvalue weighted by Gasteiger charge is 2.11.